The number of nitrogen functional groups attached to an aromatic ring is 1. The first-order valence-corrected chi connectivity index (χ1v) is 11.0. The van der Waals surface area contributed by atoms with E-state index < -0.39 is 21.6 Å². The zero-order valence-corrected chi connectivity index (χ0v) is 18.1. The van der Waals surface area contributed by atoms with Crippen molar-refractivity contribution < 1.29 is 21.9 Å². The smallest absolute Gasteiger partial charge is 0.326 e. The minimum Gasteiger partial charge on any atom is -0.384 e. The van der Waals surface area contributed by atoms with Crippen LogP contribution in [0.1, 0.15) is 19.5 Å². The van der Waals surface area contributed by atoms with Gasteiger partial charge in [-0.1, -0.05) is 31.1 Å². The largest absolute Gasteiger partial charge is 0.384 e. The van der Waals surface area contributed by atoms with Gasteiger partial charge in [0.25, 0.3) is 10.1 Å². The number of hydrogen-bond donors (Lipinski definition) is 3. The van der Waals surface area contributed by atoms with E-state index in [1.807, 2.05) is 18.2 Å². The van der Waals surface area contributed by atoms with Gasteiger partial charge in [0.2, 0.25) is 5.88 Å². The Morgan fingerprint density at radius 2 is 1.81 bits per heavy atom. The van der Waals surface area contributed by atoms with Gasteiger partial charge in [0.15, 0.2) is 0 Å². The van der Waals surface area contributed by atoms with Crippen molar-refractivity contribution >= 4 is 33.5 Å². The second kappa shape index (κ2) is 8.74. The molecule has 2 aromatic heterocycles. The van der Waals surface area contributed by atoms with Crippen molar-refractivity contribution in [2.45, 2.75) is 19.3 Å². The average molecular weight is 446 g/mol. The summed E-state index contributed by atoms with van der Waals surface area (Å²) in [5, 5.41) is 9.13. The second-order valence-electron chi connectivity index (χ2n) is 7.55. The topological polar surface area (TPSA) is 149 Å². The minimum absolute atomic E-state index is 0.111. The van der Waals surface area contributed by atoms with Crippen LogP contribution in [0.25, 0.3) is 11.1 Å². The number of carbonyl (C=O) groups is 1. The van der Waals surface area contributed by atoms with Gasteiger partial charge in [0.1, 0.15) is 5.82 Å². The Hall–Kier alpha value is -3.44. The Morgan fingerprint density at radius 1 is 1.13 bits per heavy atom. The molecule has 0 radical (unpaired) electrons. The van der Waals surface area contributed by atoms with Gasteiger partial charge < -0.3 is 15.6 Å². The van der Waals surface area contributed by atoms with Crippen molar-refractivity contribution in [3.8, 4) is 11.1 Å². The number of aromatic nitrogens is 2. The average Bonchev–Trinajstić information content (AvgIpc) is 3.17. The second-order valence-corrected chi connectivity index (χ2v) is 9.20. The zero-order valence-electron chi connectivity index (χ0n) is 17.2. The number of urea groups is 1. The normalized spacial score (nSPS) is 11.8. The summed E-state index contributed by atoms with van der Waals surface area (Å²) in [6, 6.07) is 11.8. The number of benzene rings is 1. The summed E-state index contributed by atoms with van der Waals surface area (Å²) >= 11 is 0. The summed E-state index contributed by atoms with van der Waals surface area (Å²) in [6.07, 6.45) is 2.65. The standard InChI is InChI=1S/C20H23N5O5S/c1-20(2,12-29-31(3,27)28)16-10-18(30-25-16)24-19(26)23-15-7-4-13(5-8-15)14-6-9-17(21)22-11-14/h4-11H,12H2,1-3H3,(H2,21,22)(H2,23,24,26). The molecule has 31 heavy (non-hydrogen) atoms. The maximum absolute atomic E-state index is 12.3. The van der Waals surface area contributed by atoms with E-state index in [9.17, 15) is 13.2 Å². The molecule has 1 aromatic carbocycles. The van der Waals surface area contributed by atoms with Crippen LogP contribution >= 0.6 is 0 Å². The zero-order chi connectivity index (χ0) is 22.6. The molecule has 0 aliphatic rings. The van der Waals surface area contributed by atoms with Crippen molar-refractivity contribution in [2.75, 3.05) is 29.2 Å². The van der Waals surface area contributed by atoms with Gasteiger partial charge in [-0.05, 0) is 29.8 Å². The van der Waals surface area contributed by atoms with E-state index in [1.54, 1.807) is 38.2 Å². The van der Waals surface area contributed by atoms with Crippen LogP contribution in [0.5, 0.6) is 0 Å². The van der Waals surface area contributed by atoms with Crippen molar-refractivity contribution in [3.05, 3.63) is 54.4 Å². The predicted molar refractivity (Wildman–Crippen MR) is 117 cm³/mol. The van der Waals surface area contributed by atoms with Crippen LogP contribution < -0.4 is 16.4 Å². The number of hydrogen-bond acceptors (Lipinski definition) is 8. The van der Waals surface area contributed by atoms with Gasteiger partial charge in [0, 0.05) is 28.9 Å². The molecule has 3 aromatic rings. The number of pyridine rings is 1. The number of nitrogens with two attached hydrogens (primary N) is 1. The maximum Gasteiger partial charge on any atom is 0.326 e. The molecule has 0 unspecified atom stereocenters. The number of amides is 2. The summed E-state index contributed by atoms with van der Waals surface area (Å²) < 4.78 is 32.4. The molecule has 0 saturated heterocycles. The number of nitrogens with one attached hydrogen (secondary N) is 2. The van der Waals surface area contributed by atoms with Gasteiger partial charge in [-0.15, -0.1) is 0 Å². The van der Waals surface area contributed by atoms with Crippen molar-refractivity contribution in [1.29, 1.82) is 0 Å². The van der Waals surface area contributed by atoms with Gasteiger partial charge in [-0.2, -0.15) is 8.42 Å². The van der Waals surface area contributed by atoms with Gasteiger partial charge in [0.05, 0.1) is 18.6 Å². The first kappa shape index (κ1) is 22.2. The fourth-order valence-electron chi connectivity index (χ4n) is 2.58. The molecule has 4 N–H and O–H groups in total. The Balaban J connectivity index is 1.59. The highest BCUT2D eigenvalue weighted by Crippen LogP contribution is 2.26. The number of carbonyl (C=O) groups excluding carboxylic acids is 1. The Morgan fingerprint density at radius 3 is 2.42 bits per heavy atom. The van der Waals surface area contributed by atoms with Crippen LogP contribution in [0.4, 0.5) is 22.2 Å². The number of rotatable bonds is 7. The molecule has 11 heteroatoms. The quantitative estimate of drug-likeness (QED) is 0.469. The van der Waals surface area contributed by atoms with Crippen molar-refractivity contribution in [2.24, 2.45) is 0 Å². The molecule has 0 aliphatic carbocycles. The van der Waals surface area contributed by atoms with E-state index in [0.717, 1.165) is 17.4 Å². The summed E-state index contributed by atoms with van der Waals surface area (Å²) in [6.45, 7) is 3.38. The lowest BCUT2D eigenvalue weighted by Crippen LogP contribution is -2.26. The molecule has 2 amide bonds. The highest BCUT2D eigenvalue weighted by atomic mass is 32.2. The molecular formula is C20H23N5O5S. The Labute approximate surface area is 179 Å². The summed E-state index contributed by atoms with van der Waals surface area (Å²) in [5.41, 5.74) is 7.70. The molecular weight excluding hydrogens is 422 g/mol. The third-order valence-electron chi connectivity index (χ3n) is 4.34. The van der Waals surface area contributed by atoms with Crippen LogP contribution in [0, 0.1) is 0 Å². The fourth-order valence-corrected chi connectivity index (χ4v) is 3.09. The molecule has 10 nitrogen and oxygen atoms in total. The summed E-state index contributed by atoms with van der Waals surface area (Å²) in [7, 11) is -3.58. The molecule has 2 heterocycles. The molecule has 3 rings (SSSR count). The molecule has 0 fully saturated rings. The fraction of sp³-hybridized carbons (Fsp3) is 0.250. The van der Waals surface area contributed by atoms with Crippen molar-refractivity contribution in [3.63, 3.8) is 0 Å². The predicted octanol–water partition coefficient (Wildman–Crippen LogP) is 3.22. The molecule has 0 atom stereocenters. The highest BCUT2D eigenvalue weighted by Gasteiger charge is 2.27. The maximum atomic E-state index is 12.3. The lowest BCUT2D eigenvalue weighted by Gasteiger charge is -2.20. The SMILES string of the molecule is CC(C)(COS(C)(=O)=O)c1cc(NC(=O)Nc2ccc(-c3ccc(N)nc3)cc2)on1. The molecule has 0 aliphatic heterocycles. The minimum atomic E-state index is -3.58. The van der Waals surface area contributed by atoms with E-state index in [-0.39, 0.29) is 12.5 Å². The molecule has 0 saturated carbocycles. The number of nitrogens with zero attached hydrogens (tertiary/aromatic N) is 2. The molecule has 0 bridgehead atoms. The van der Waals surface area contributed by atoms with Gasteiger partial charge >= 0.3 is 6.03 Å². The Kier molecular flexibility index (Phi) is 6.27. The van der Waals surface area contributed by atoms with Crippen LogP contribution in [0.3, 0.4) is 0 Å². The van der Waals surface area contributed by atoms with Crippen LogP contribution in [-0.4, -0.2) is 37.5 Å². The third kappa shape index (κ3) is 6.27. The monoisotopic (exact) mass is 445 g/mol. The first-order valence-electron chi connectivity index (χ1n) is 9.23. The van der Waals surface area contributed by atoms with Crippen LogP contribution in [0.2, 0.25) is 0 Å². The van der Waals surface area contributed by atoms with E-state index >= 15 is 0 Å². The van der Waals surface area contributed by atoms with Gasteiger partial charge in [-0.25, -0.2) is 9.78 Å². The lowest BCUT2D eigenvalue weighted by atomic mass is 9.91. The highest BCUT2D eigenvalue weighted by molar-refractivity contribution is 7.85. The lowest BCUT2D eigenvalue weighted by molar-refractivity contribution is 0.238. The molecule has 0 spiro atoms. The van der Waals surface area contributed by atoms with E-state index in [0.29, 0.717) is 17.2 Å². The first-order chi connectivity index (χ1) is 14.5. The summed E-state index contributed by atoms with van der Waals surface area (Å²) in [4.78, 5) is 16.3. The van der Waals surface area contributed by atoms with Crippen LogP contribution in [0.15, 0.2) is 53.2 Å². The van der Waals surface area contributed by atoms with E-state index in [1.165, 1.54) is 6.07 Å². The van der Waals surface area contributed by atoms with E-state index in [4.69, 9.17) is 14.4 Å². The summed E-state index contributed by atoms with van der Waals surface area (Å²) in [5.74, 6) is 0.560. The van der Waals surface area contributed by atoms with E-state index in [2.05, 4.69) is 20.8 Å². The van der Waals surface area contributed by atoms with Crippen molar-refractivity contribution in [1.82, 2.24) is 10.1 Å². The van der Waals surface area contributed by atoms with Crippen LogP contribution in [-0.2, 0) is 19.7 Å². The van der Waals surface area contributed by atoms with Gasteiger partial charge in [-0.3, -0.25) is 9.50 Å². The third-order valence-corrected chi connectivity index (χ3v) is 4.88. The molecule has 164 valence electrons. The Bertz CT molecular complexity index is 1160. The number of anilines is 3.